The second kappa shape index (κ2) is 8.38. The van der Waals surface area contributed by atoms with E-state index >= 15 is 0 Å². The zero-order valence-electron chi connectivity index (χ0n) is 23.7. The topological polar surface area (TPSA) is 16.4 Å². The van der Waals surface area contributed by atoms with Crippen molar-refractivity contribution in [3.63, 3.8) is 0 Å². The smallest absolute Gasteiger partial charge is 0.137 e. The molecule has 4 bridgehead atoms. The fourth-order valence-corrected chi connectivity index (χ4v) is 10.2. The molecule has 1 aromatic heterocycles. The second-order valence-electron chi connectivity index (χ2n) is 13.4. The van der Waals surface area contributed by atoms with Gasteiger partial charge in [0.2, 0.25) is 0 Å². The predicted octanol–water partition coefficient (Wildman–Crippen LogP) is 10.8. The lowest BCUT2D eigenvalue weighted by Gasteiger charge is -2.61. The molecule has 1 heterocycles. The van der Waals surface area contributed by atoms with Crippen LogP contribution in [-0.2, 0) is 5.41 Å². The van der Waals surface area contributed by atoms with Gasteiger partial charge in [-0.15, -0.1) is 0 Å². The fraction of sp³-hybridized carbons (Fsp3) is 0.250. The summed E-state index contributed by atoms with van der Waals surface area (Å²) in [6, 6.07) is 42.7. The van der Waals surface area contributed by atoms with Crippen LogP contribution in [-0.4, -0.2) is 0 Å². The normalized spacial score (nSPS) is 26.7. The average molecular weight is 544 g/mol. The molecular formula is C40H33NO. The lowest BCUT2D eigenvalue weighted by Crippen LogP contribution is -2.55. The van der Waals surface area contributed by atoms with Gasteiger partial charge in [-0.3, -0.25) is 0 Å². The monoisotopic (exact) mass is 543 g/mol. The Morgan fingerprint density at radius 1 is 0.500 bits per heavy atom. The molecule has 0 unspecified atom stereocenters. The Bertz CT molecular complexity index is 1990. The van der Waals surface area contributed by atoms with Gasteiger partial charge in [-0.2, -0.15) is 0 Å². The van der Waals surface area contributed by atoms with E-state index in [9.17, 15) is 0 Å². The van der Waals surface area contributed by atoms with Crippen LogP contribution in [0.4, 0.5) is 17.1 Å². The molecule has 6 aromatic rings. The van der Waals surface area contributed by atoms with E-state index in [1.165, 1.54) is 65.4 Å². The third-order valence-electron chi connectivity index (χ3n) is 11.4. The van der Waals surface area contributed by atoms with Crippen molar-refractivity contribution >= 4 is 39.0 Å². The van der Waals surface area contributed by atoms with E-state index in [0.29, 0.717) is 0 Å². The molecule has 5 aromatic carbocycles. The number of nitrogens with zero attached hydrogens (tertiary/aromatic N) is 1. The lowest BCUT2D eigenvalue weighted by molar-refractivity contribution is -0.0399. The van der Waals surface area contributed by atoms with Gasteiger partial charge in [0.1, 0.15) is 11.2 Å². The quantitative estimate of drug-likeness (QED) is 0.221. The molecule has 2 heteroatoms. The highest BCUT2D eigenvalue weighted by molar-refractivity contribution is 6.06. The van der Waals surface area contributed by atoms with Gasteiger partial charge >= 0.3 is 0 Å². The van der Waals surface area contributed by atoms with E-state index in [4.69, 9.17) is 4.42 Å². The van der Waals surface area contributed by atoms with Crippen LogP contribution < -0.4 is 4.90 Å². The van der Waals surface area contributed by atoms with E-state index in [1.54, 1.807) is 11.1 Å². The molecule has 0 atom stereocenters. The molecule has 0 amide bonds. The Labute approximate surface area is 246 Å². The van der Waals surface area contributed by atoms with Crippen LogP contribution >= 0.6 is 0 Å². The van der Waals surface area contributed by atoms with Gasteiger partial charge in [0.15, 0.2) is 0 Å². The van der Waals surface area contributed by atoms with Crippen LogP contribution in [0.15, 0.2) is 120 Å². The SMILES string of the molecule is c1ccc(N(c2ccc3c(c2)C2(c4ccccc4-3)C3CC4CC(C3)CC2C4)c2ccc3c(c2)oc2ccccc23)cc1. The molecule has 4 saturated carbocycles. The minimum Gasteiger partial charge on any atom is -0.456 e. The molecule has 204 valence electrons. The van der Waals surface area contributed by atoms with E-state index in [1.807, 2.05) is 6.07 Å². The zero-order valence-corrected chi connectivity index (χ0v) is 23.7. The van der Waals surface area contributed by atoms with E-state index in [-0.39, 0.29) is 5.41 Å². The van der Waals surface area contributed by atoms with Crippen LogP contribution in [0, 0.1) is 23.7 Å². The van der Waals surface area contributed by atoms with E-state index in [0.717, 1.165) is 40.5 Å². The van der Waals surface area contributed by atoms with Crippen LogP contribution in [0.5, 0.6) is 0 Å². The van der Waals surface area contributed by atoms with Crippen LogP contribution in [0.3, 0.4) is 0 Å². The van der Waals surface area contributed by atoms with Crippen LogP contribution in [0.1, 0.15) is 43.2 Å². The molecule has 0 N–H and O–H groups in total. The summed E-state index contributed by atoms with van der Waals surface area (Å²) in [6.45, 7) is 0. The Morgan fingerprint density at radius 3 is 1.98 bits per heavy atom. The number of hydrogen-bond acceptors (Lipinski definition) is 2. The summed E-state index contributed by atoms with van der Waals surface area (Å²) >= 11 is 0. The fourth-order valence-electron chi connectivity index (χ4n) is 10.2. The molecular weight excluding hydrogens is 510 g/mol. The van der Waals surface area contributed by atoms with Crippen molar-refractivity contribution in [1.82, 2.24) is 0 Å². The maximum absolute atomic E-state index is 6.36. The van der Waals surface area contributed by atoms with Crippen LogP contribution in [0.2, 0.25) is 0 Å². The van der Waals surface area contributed by atoms with Gasteiger partial charge in [0, 0.05) is 39.3 Å². The highest BCUT2D eigenvalue weighted by atomic mass is 16.3. The molecule has 1 spiro atoms. The van der Waals surface area contributed by atoms with Crippen molar-refractivity contribution in [2.45, 2.75) is 37.5 Å². The van der Waals surface area contributed by atoms with Gasteiger partial charge in [0.05, 0.1) is 0 Å². The predicted molar refractivity (Wildman–Crippen MR) is 172 cm³/mol. The van der Waals surface area contributed by atoms with Crippen molar-refractivity contribution < 1.29 is 4.42 Å². The molecule has 11 rings (SSSR count). The lowest BCUT2D eigenvalue weighted by atomic mass is 9.43. The number of hydrogen-bond donors (Lipinski definition) is 0. The number of anilines is 3. The Balaban J connectivity index is 1.19. The molecule has 0 aliphatic heterocycles. The Morgan fingerprint density at radius 2 is 1.14 bits per heavy atom. The highest BCUT2D eigenvalue weighted by Gasteiger charge is 2.61. The standard InChI is InChI=1S/C40H33NO/c1-2-8-29(9-3-1)41(31-15-17-35-34-11-5-7-13-38(34)42-39(35)24-31)30-14-16-33-32-10-4-6-12-36(32)40(37(33)23-30)27-19-25-18-26(21-27)22-28(40)20-25/h1-17,23-28H,18-22H2. The Kier molecular flexibility index (Phi) is 4.65. The first-order valence-electron chi connectivity index (χ1n) is 15.8. The first-order valence-corrected chi connectivity index (χ1v) is 15.8. The number of furan rings is 1. The first kappa shape index (κ1) is 23.3. The average Bonchev–Trinajstić information content (AvgIpc) is 3.54. The third kappa shape index (κ3) is 3.00. The molecule has 5 aliphatic carbocycles. The summed E-state index contributed by atoms with van der Waals surface area (Å²) in [7, 11) is 0. The highest BCUT2D eigenvalue weighted by Crippen LogP contribution is 2.69. The second-order valence-corrected chi connectivity index (χ2v) is 13.4. The molecule has 5 aliphatic rings. The van der Waals surface area contributed by atoms with Crippen molar-refractivity contribution in [2.24, 2.45) is 23.7 Å². The number of rotatable bonds is 3. The summed E-state index contributed by atoms with van der Waals surface area (Å²) < 4.78 is 6.36. The maximum Gasteiger partial charge on any atom is 0.137 e. The van der Waals surface area contributed by atoms with Gasteiger partial charge in [-0.25, -0.2) is 0 Å². The maximum atomic E-state index is 6.36. The van der Waals surface area contributed by atoms with Crippen molar-refractivity contribution in [1.29, 1.82) is 0 Å². The Hall–Kier alpha value is -4.30. The number of benzene rings is 5. The summed E-state index contributed by atoms with van der Waals surface area (Å²) in [4.78, 5) is 2.43. The summed E-state index contributed by atoms with van der Waals surface area (Å²) in [5.74, 6) is 3.38. The molecule has 0 radical (unpaired) electrons. The van der Waals surface area contributed by atoms with E-state index < -0.39 is 0 Å². The molecule has 42 heavy (non-hydrogen) atoms. The molecule has 2 nitrogen and oxygen atoms in total. The third-order valence-corrected chi connectivity index (χ3v) is 11.4. The molecule has 0 saturated heterocycles. The van der Waals surface area contributed by atoms with E-state index in [2.05, 4.69) is 114 Å². The number of para-hydroxylation sites is 2. The van der Waals surface area contributed by atoms with Gasteiger partial charge < -0.3 is 9.32 Å². The first-order chi connectivity index (χ1) is 20.8. The zero-order chi connectivity index (χ0) is 27.4. The summed E-state index contributed by atoms with van der Waals surface area (Å²) in [5, 5.41) is 2.34. The minimum atomic E-state index is 0.153. The summed E-state index contributed by atoms with van der Waals surface area (Å²) in [5.41, 5.74) is 11.7. The van der Waals surface area contributed by atoms with Gasteiger partial charge in [-0.05, 0) is 120 Å². The van der Waals surface area contributed by atoms with Crippen LogP contribution in [0.25, 0.3) is 33.1 Å². The number of fused-ring (bicyclic) bond motifs is 6. The largest absolute Gasteiger partial charge is 0.456 e. The minimum absolute atomic E-state index is 0.153. The van der Waals surface area contributed by atoms with Gasteiger partial charge in [-0.1, -0.05) is 66.7 Å². The van der Waals surface area contributed by atoms with Crippen molar-refractivity contribution in [2.75, 3.05) is 4.90 Å². The summed E-state index contributed by atoms with van der Waals surface area (Å²) in [6.07, 6.45) is 7.07. The van der Waals surface area contributed by atoms with Crippen molar-refractivity contribution in [3.05, 3.63) is 126 Å². The van der Waals surface area contributed by atoms with Crippen molar-refractivity contribution in [3.8, 4) is 11.1 Å². The molecule has 4 fully saturated rings. The van der Waals surface area contributed by atoms with Gasteiger partial charge in [0.25, 0.3) is 0 Å².